The lowest BCUT2D eigenvalue weighted by Crippen LogP contribution is -2.41. The zero-order chi connectivity index (χ0) is 18.8. The van der Waals surface area contributed by atoms with E-state index in [9.17, 15) is 14.4 Å². The van der Waals surface area contributed by atoms with Crippen LogP contribution in [0, 0.1) is 0 Å². The number of para-hydroxylation sites is 1. The van der Waals surface area contributed by atoms with Crippen molar-refractivity contribution in [2.24, 2.45) is 0 Å². The molecule has 1 aromatic heterocycles. The van der Waals surface area contributed by atoms with Crippen molar-refractivity contribution in [1.29, 1.82) is 0 Å². The Morgan fingerprint density at radius 2 is 1.69 bits per heavy atom. The predicted molar refractivity (Wildman–Crippen MR) is 93.5 cm³/mol. The highest BCUT2D eigenvalue weighted by atomic mass is 16.5. The van der Waals surface area contributed by atoms with Gasteiger partial charge in [-0.2, -0.15) is 0 Å². The van der Waals surface area contributed by atoms with E-state index in [1.54, 1.807) is 36.4 Å². The Labute approximate surface area is 150 Å². The monoisotopic (exact) mass is 359 g/mol. The van der Waals surface area contributed by atoms with E-state index >= 15 is 0 Å². The van der Waals surface area contributed by atoms with E-state index in [0.717, 1.165) is 0 Å². The molecule has 0 unspecified atom stereocenters. The van der Waals surface area contributed by atoms with Crippen LogP contribution in [0.3, 0.4) is 0 Å². The topological polar surface area (TPSA) is 110 Å². The molecule has 138 valence electrons. The highest BCUT2D eigenvalue weighted by molar-refractivity contribution is 5.99. The standard InChI is InChI=1S/C18H21N3O5/c1-2-25-15-8-4-3-7-14(15)18(24)21-12-17(23)20-11-16(22)19-10-13-6-5-9-26-13/h3-9H,2,10-12H2,1H3,(H,19,22)(H,20,23)(H,21,24). The Bertz CT molecular complexity index is 743. The van der Waals surface area contributed by atoms with E-state index in [2.05, 4.69) is 16.0 Å². The number of hydrogen-bond acceptors (Lipinski definition) is 5. The van der Waals surface area contributed by atoms with Crippen molar-refractivity contribution in [2.45, 2.75) is 13.5 Å². The smallest absolute Gasteiger partial charge is 0.255 e. The predicted octanol–water partition coefficient (Wildman–Crippen LogP) is 0.841. The summed E-state index contributed by atoms with van der Waals surface area (Å²) in [6.45, 7) is 2.05. The molecule has 0 spiro atoms. The van der Waals surface area contributed by atoms with Crippen LogP contribution >= 0.6 is 0 Å². The number of furan rings is 1. The van der Waals surface area contributed by atoms with Crippen LogP contribution in [-0.4, -0.2) is 37.4 Å². The maximum Gasteiger partial charge on any atom is 0.255 e. The fourth-order valence-corrected chi connectivity index (χ4v) is 2.09. The molecule has 0 aliphatic heterocycles. The first-order chi connectivity index (χ1) is 12.6. The van der Waals surface area contributed by atoms with E-state index in [1.165, 1.54) is 6.26 Å². The normalized spacial score (nSPS) is 10.0. The van der Waals surface area contributed by atoms with Crippen LogP contribution in [0.15, 0.2) is 47.1 Å². The van der Waals surface area contributed by atoms with Crippen molar-refractivity contribution in [1.82, 2.24) is 16.0 Å². The van der Waals surface area contributed by atoms with Gasteiger partial charge in [0.25, 0.3) is 5.91 Å². The summed E-state index contributed by atoms with van der Waals surface area (Å²) in [5, 5.41) is 7.53. The van der Waals surface area contributed by atoms with Gasteiger partial charge in [-0.25, -0.2) is 0 Å². The summed E-state index contributed by atoms with van der Waals surface area (Å²) in [6.07, 6.45) is 1.51. The number of benzene rings is 1. The molecule has 2 aromatic rings. The van der Waals surface area contributed by atoms with E-state index in [0.29, 0.717) is 23.7 Å². The fourth-order valence-electron chi connectivity index (χ4n) is 2.09. The van der Waals surface area contributed by atoms with Crippen LogP contribution in [0.1, 0.15) is 23.0 Å². The number of hydrogen-bond donors (Lipinski definition) is 3. The number of amides is 3. The van der Waals surface area contributed by atoms with Crippen LogP contribution in [0.4, 0.5) is 0 Å². The van der Waals surface area contributed by atoms with Crippen molar-refractivity contribution < 1.29 is 23.5 Å². The lowest BCUT2D eigenvalue weighted by atomic mass is 10.2. The van der Waals surface area contributed by atoms with Gasteiger partial charge in [0.15, 0.2) is 0 Å². The largest absolute Gasteiger partial charge is 0.493 e. The Balaban J connectivity index is 1.71. The first-order valence-corrected chi connectivity index (χ1v) is 8.16. The maximum absolute atomic E-state index is 12.2. The summed E-state index contributed by atoms with van der Waals surface area (Å²) >= 11 is 0. The van der Waals surface area contributed by atoms with Gasteiger partial charge in [-0.1, -0.05) is 12.1 Å². The van der Waals surface area contributed by atoms with Gasteiger partial charge in [0.1, 0.15) is 11.5 Å². The molecule has 1 heterocycles. The summed E-state index contributed by atoms with van der Waals surface area (Å²) in [7, 11) is 0. The molecule has 0 saturated heterocycles. The quantitative estimate of drug-likeness (QED) is 0.615. The highest BCUT2D eigenvalue weighted by Gasteiger charge is 2.13. The van der Waals surface area contributed by atoms with E-state index in [1.807, 2.05) is 6.92 Å². The number of nitrogens with one attached hydrogen (secondary N) is 3. The molecule has 8 heteroatoms. The Kier molecular flexibility index (Phi) is 7.23. The second-order valence-corrected chi connectivity index (χ2v) is 5.24. The summed E-state index contributed by atoms with van der Waals surface area (Å²) in [5.41, 5.74) is 0.346. The first-order valence-electron chi connectivity index (χ1n) is 8.16. The third-order valence-electron chi connectivity index (χ3n) is 3.33. The molecule has 3 amide bonds. The van der Waals surface area contributed by atoms with Crippen molar-refractivity contribution in [2.75, 3.05) is 19.7 Å². The van der Waals surface area contributed by atoms with Crippen LogP contribution < -0.4 is 20.7 Å². The third-order valence-corrected chi connectivity index (χ3v) is 3.33. The average molecular weight is 359 g/mol. The van der Waals surface area contributed by atoms with Crippen molar-refractivity contribution in [3.05, 3.63) is 54.0 Å². The molecule has 0 fully saturated rings. The molecule has 8 nitrogen and oxygen atoms in total. The number of carbonyl (C=O) groups excluding carboxylic acids is 3. The number of rotatable bonds is 9. The van der Waals surface area contributed by atoms with Gasteiger partial charge in [-0.05, 0) is 31.2 Å². The molecule has 1 aromatic carbocycles. The second-order valence-electron chi connectivity index (χ2n) is 5.24. The minimum absolute atomic E-state index is 0.190. The first kappa shape index (κ1) is 19.0. The average Bonchev–Trinajstić information content (AvgIpc) is 3.17. The Morgan fingerprint density at radius 3 is 2.42 bits per heavy atom. The van der Waals surface area contributed by atoms with Gasteiger partial charge in [0.2, 0.25) is 11.8 Å². The zero-order valence-electron chi connectivity index (χ0n) is 14.4. The molecule has 0 aliphatic rings. The molecule has 0 radical (unpaired) electrons. The highest BCUT2D eigenvalue weighted by Crippen LogP contribution is 2.17. The summed E-state index contributed by atoms with van der Waals surface area (Å²) in [5.74, 6) is -0.190. The molecule has 0 atom stereocenters. The number of ether oxygens (including phenoxy) is 1. The van der Waals surface area contributed by atoms with Gasteiger partial charge < -0.3 is 25.1 Å². The third kappa shape index (κ3) is 5.97. The van der Waals surface area contributed by atoms with Crippen molar-refractivity contribution in [3.63, 3.8) is 0 Å². The van der Waals surface area contributed by atoms with E-state index in [-0.39, 0.29) is 25.5 Å². The van der Waals surface area contributed by atoms with Gasteiger partial charge >= 0.3 is 0 Å². The van der Waals surface area contributed by atoms with Gasteiger partial charge in [-0.15, -0.1) is 0 Å². The van der Waals surface area contributed by atoms with Crippen LogP contribution in [0.2, 0.25) is 0 Å². The Hall–Kier alpha value is -3.29. The van der Waals surface area contributed by atoms with Gasteiger partial charge in [0.05, 0.1) is 38.1 Å². The lowest BCUT2D eigenvalue weighted by Gasteiger charge is -2.10. The van der Waals surface area contributed by atoms with Crippen LogP contribution in [0.25, 0.3) is 0 Å². The second kappa shape index (κ2) is 9.87. The molecule has 0 bridgehead atoms. The summed E-state index contributed by atoms with van der Waals surface area (Å²) in [6, 6.07) is 10.2. The van der Waals surface area contributed by atoms with Crippen LogP contribution in [0.5, 0.6) is 5.75 Å². The molecule has 0 aliphatic carbocycles. The van der Waals surface area contributed by atoms with E-state index < -0.39 is 11.8 Å². The molecule has 3 N–H and O–H groups in total. The lowest BCUT2D eigenvalue weighted by molar-refractivity contribution is -0.125. The fraction of sp³-hybridized carbons (Fsp3) is 0.278. The molecule has 2 rings (SSSR count). The maximum atomic E-state index is 12.2. The SMILES string of the molecule is CCOc1ccccc1C(=O)NCC(=O)NCC(=O)NCc1ccco1. The van der Waals surface area contributed by atoms with Crippen LogP contribution in [-0.2, 0) is 16.1 Å². The molecular formula is C18H21N3O5. The van der Waals surface area contributed by atoms with Crippen molar-refractivity contribution in [3.8, 4) is 5.75 Å². The van der Waals surface area contributed by atoms with Gasteiger partial charge in [-0.3, -0.25) is 14.4 Å². The Morgan fingerprint density at radius 1 is 0.962 bits per heavy atom. The minimum atomic E-state index is -0.472. The zero-order valence-corrected chi connectivity index (χ0v) is 14.4. The van der Waals surface area contributed by atoms with Crippen molar-refractivity contribution >= 4 is 17.7 Å². The van der Waals surface area contributed by atoms with Gasteiger partial charge in [0, 0.05) is 0 Å². The molecule has 26 heavy (non-hydrogen) atoms. The minimum Gasteiger partial charge on any atom is -0.493 e. The summed E-state index contributed by atoms with van der Waals surface area (Å²) < 4.78 is 10.5. The molecular weight excluding hydrogens is 338 g/mol. The number of carbonyl (C=O) groups is 3. The summed E-state index contributed by atoms with van der Waals surface area (Å²) in [4.78, 5) is 35.6. The van der Waals surface area contributed by atoms with E-state index in [4.69, 9.17) is 9.15 Å². The molecule has 0 saturated carbocycles.